The maximum Gasteiger partial charge on any atom is 0.326 e. The number of nitrogens with two attached hydrogens (primary N) is 2. The molecule has 0 radical (unpaired) electrons. The summed E-state index contributed by atoms with van der Waals surface area (Å²) >= 11 is 0. The van der Waals surface area contributed by atoms with Crippen LogP contribution in [0.1, 0.15) is 44.9 Å². The van der Waals surface area contributed by atoms with Crippen molar-refractivity contribution in [2.75, 3.05) is 5.73 Å². The molecule has 0 fully saturated rings. The Balaban J connectivity index is 1.50. The first-order valence-corrected chi connectivity index (χ1v) is 10.7. The lowest BCUT2D eigenvalue weighted by Crippen LogP contribution is -2.34. The lowest BCUT2D eigenvalue weighted by molar-refractivity contribution is 0.0934. The monoisotopic (exact) mass is 473 g/mol. The first kappa shape index (κ1) is 23.2. The maximum atomic E-state index is 12.6. The van der Waals surface area contributed by atoms with Crippen molar-refractivity contribution in [3.05, 3.63) is 104 Å². The number of nitrogen functional groups attached to an aromatic ring is 1. The molecule has 2 heterocycles. The van der Waals surface area contributed by atoms with E-state index in [1.165, 1.54) is 0 Å². The van der Waals surface area contributed by atoms with Crippen LogP contribution in [0.3, 0.4) is 0 Å². The highest BCUT2D eigenvalue weighted by Crippen LogP contribution is 2.23. The Labute approximate surface area is 198 Å². The van der Waals surface area contributed by atoms with Gasteiger partial charge in [0.05, 0.1) is 18.8 Å². The molecule has 2 aromatic carbocycles. The van der Waals surface area contributed by atoms with Crippen LogP contribution in [0.25, 0.3) is 11.1 Å². The molecular formula is C24H23N7O4. The number of nitrogens with one attached hydrogen (secondary N) is 3. The van der Waals surface area contributed by atoms with E-state index in [1.54, 1.807) is 36.0 Å². The molecule has 0 saturated heterocycles. The standard InChI is InChI=1S/C24H23N7O4/c1-13(28-23(34)20-19(25)22(33)30-24(35)29-20)15-5-3-6-16(9-15)18-10-27-31(12-18)11-14-4-2-7-17(8-14)21(26)32/h2-10,12-13H,11,25H2,1H3,(H2,26,32)(H,28,34)(H2,29,30,33,35)/t13-/m1/s1. The van der Waals surface area contributed by atoms with Crippen LogP contribution < -0.4 is 28.0 Å². The highest BCUT2D eigenvalue weighted by Gasteiger charge is 2.17. The highest BCUT2D eigenvalue weighted by molar-refractivity contribution is 5.97. The Morgan fingerprint density at radius 3 is 2.63 bits per heavy atom. The molecule has 178 valence electrons. The maximum absolute atomic E-state index is 12.6. The van der Waals surface area contributed by atoms with Crippen molar-refractivity contribution in [3.63, 3.8) is 0 Å². The van der Waals surface area contributed by atoms with Crippen LogP contribution in [0.2, 0.25) is 0 Å². The number of amides is 2. The van der Waals surface area contributed by atoms with Gasteiger partial charge >= 0.3 is 5.69 Å². The molecule has 0 aliphatic rings. The third-order valence-electron chi connectivity index (χ3n) is 5.46. The lowest BCUT2D eigenvalue weighted by atomic mass is 10.0. The summed E-state index contributed by atoms with van der Waals surface area (Å²) in [6, 6.07) is 14.1. The normalized spacial score (nSPS) is 11.7. The summed E-state index contributed by atoms with van der Waals surface area (Å²) in [5.41, 5.74) is 12.6. The van der Waals surface area contributed by atoms with Crippen LogP contribution in [0, 0.1) is 0 Å². The molecule has 11 heteroatoms. The quantitative estimate of drug-likeness (QED) is 0.268. The zero-order valence-electron chi connectivity index (χ0n) is 18.7. The molecule has 2 aromatic heterocycles. The number of benzene rings is 2. The van der Waals surface area contributed by atoms with Gasteiger partial charge in [-0.2, -0.15) is 5.10 Å². The number of hydrogen-bond donors (Lipinski definition) is 5. The Bertz CT molecular complexity index is 1530. The van der Waals surface area contributed by atoms with Gasteiger partial charge in [0.15, 0.2) is 0 Å². The summed E-state index contributed by atoms with van der Waals surface area (Å²) in [4.78, 5) is 51.4. The third kappa shape index (κ3) is 5.19. The summed E-state index contributed by atoms with van der Waals surface area (Å²) in [7, 11) is 0. The molecule has 4 rings (SSSR count). The van der Waals surface area contributed by atoms with E-state index in [0.29, 0.717) is 12.1 Å². The average Bonchev–Trinajstić information content (AvgIpc) is 3.30. The summed E-state index contributed by atoms with van der Waals surface area (Å²) in [6.07, 6.45) is 3.60. The van der Waals surface area contributed by atoms with Crippen LogP contribution in [0.5, 0.6) is 0 Å². The van der Waals surface area contributed by atoms with Gasteiger partial charge in [-0.25, -0.2) is 4.79 Å². The van der Waals surface area contributed by atoms with E-state index in [1.807, 2.05) is 41.5 Å². The smallest absolute Gasteiger partial charge is 0.326 e. The Hall–Kier alpha value is -4.93. The number of nitrogens with zero attached hydrogens (tertiary/aromatic N) is 2. The second-order valence-electron chi connectivity index (χ2n) is 8.01. The number of carbonyl (C=O) groups excluding carboxylic acids is 2. The number of aromatic nitrogens is 4. The first-order valence-electron chi connectivity index (χ1n) is 10.7. The SMILES string of the molecule is C[C@@H](NC(=O)c1[nH]c(=O)[nH]c(=O)c1N)c1cccc(-c2cnn(Cc3cccc(C(N)=O)c3)c2)c1. The van der Waals surface area contributed by atoms with Crippen LogP contribution in [0.15, 0.2) is 70.5 Å². The number of anilines is 1. The van der Waals surface area contributed by atoms with Crippen molar-refractivity contribution in [2.45, 2.75) is 19.5 Å². The van der Waals surface area contributed by atoms with Crippen LogP contribution in [0.4, 0.5) is 5.69 Å². The second kappa shape index (κ2) is 9.51. The van der Waals surface area contributed by atoms with Gasteiger partial charge in [-0.3, -0.25) is 24.0 Å². The van der Waals surface area contributed by atoms with Crippen molar-refractivity contribution in [1.82, 2.24) is 25.1 Å². The molecule has 0 aliphatic carbocycles. The van der Waals surface area contributed by atoms with Crippen molar-refractivity contribution >= 4 is 17.5 Å². The van der Waals surface area contributed by atoms with E-state index in [-0.39, 0.29) is 11.4 Å². The van der Waals surface area contributed by atoms with Crippen LogP contribution in [-0.4, -0.2) is 31.6 Å². The summed E-state index contributed by atoms with van der Waals surface area (Å²) < 4.78 is 1.75. The predicted molar refractivity (Wildman–Crippen MR) is 130 cm³/mol. The summed E-state index contributed by atoms with van der Waals surface area (Å²) in [5.74, 6) is -1.16. The van der Waals surface area contributed by atoms with Gasteiger partial charge in [0.1, 0.15) is 11.4 Å². The predicted octanol–water partition coefficient (Wildman–Crippen LogP) is 1.15. The molecule has 11 nitrogen and oxygen atoms in total. The van der Waals surface area contributed by atoms with Gasteiger partial charge in [-0.05, 0) is 41.8 Å². The summed E-state index contributed by atoms with van der Waals surface area (Å²) in [5, 5.41) is 7.14. The van der Waals surface area contributed by atoms with E-state index in [2.05, 4.69) is 15.4 Å². The molecule has 0 unspecified atom stereocenters. The van der Waals surface area contributed by atoms with Crippen molar-refractivity contribution < 1.29 is 9.59 Å². The zero-order chi connectivity index (χ0) is 25.1. The molecule has 1 atom stereocenters. The Morgan fingerprint density at radius 2 is 1.86 bits per heavy atom. The second-order valence-corrected chi connectivity index (χ2v) is 8.01. The minimum Gasteiger partial charge on any atom is -0.392 e. The largest absolute Gasteiger partial charge is 0.392 e. The van der Waals surface area contributed by atoms with Crippen molar-refractivity contribution in [2.24, 2.45) is 5.73 Å². The zero-order valence-corrected chi connectivity index (χ0v) is 18.7. The molecule has 4 aromatic rings. The minimum atomic E-state index is -0.827. The Kier molecular flexibility index (Phi) is 6.32. The fraction of sp³-hybridized carbons (Fsp3) is 0.125. The van der Waals surface area contributed by atoms with E-state index in [0.717, 1.165) is 22.3 Å². The highest BCUT2D eigenvalue weighted by atomic mass is 16.2. The van der Waals surface area contributed by atoms with Crippen LogP contribution >= 0.6 is 0 Å². The molecule has 2 amide bonds. The van der Waals surface area contributed by atoms with Crippen LogP contribution in [-0.2, 0) is 6.54 Å². The van der Waals surface area contributed by atoms with E-state index < -0.39 is 29.1 Å². The molecule has 0 spiro atoms. The molecule has 35 heavy (non-hydrogen) atoms. The first-order chi connectivity index (χ1) is 16.7. The molecule has 0 saturated carbocycles. The number of hydrogen-bond acceptors (Lipinski definition) is 6. The number of rotatable bonds is 7. The number of aromatic amines is 2. The van der Waals surface area contributed by atoms with Gasteiger partial charge in [0.25, 0.3) is 11.5 Å². The number of H-pyrrole nitrogens is 2. The molecular weight excluding hydrogens is 450 g/mol. The van der Waals surface area contributed by atoms with E-state index in [9.17, 15) is 19.2 Å². The number of carbonyl (C=O) groups is 2. The minimum absolute atomic E-state index is 0.288. The average molecular weight is 473 g/mol. The fourth-order valence-corrected chi connectivity index (χ4v) is 3.62. The van der Waals surface area contributed by atoms with Gasteiger partial charge in [-0.15, -0.1) is 0 Å². The van der Waals surface area contributed by atoms with Gasteiger partial charge in [-0.1, -0.05) is 30.3 Å². The molecule has 7 N–H and O–H groups in total. The van der Waals surface area contributed by atoms with Gasteiger partial charge in [0, 0.05) is 17.3 Å². The molecule has 0 aliphatic heterocycles. The Morgan fingerprint density at radius 1 is 1.09 bits per heavy atom. The lowest BCUT2D eigenvalue weighted by Gasteiger charge is -2.15. The topological polar surface area (TPSA) is 182 Å². The van der Waals surface area contributed by atoms with Crippen molar-refractivity contribution in [3.8, 4) is 11.1 Å². The van der Waals surface area contributed by atoms with Gasteiger partial charge < -0.3 is 21.8 Å². The fourth-order valence-electron chi connectivity index (χ4n) is 3.62. The molecule has 0 bridgehead atoms. The van der Waals surface area contributed by atoms with E-state index in [4.69, 9.17) is 11.5 Å². The van der Waals surface area contributed by atoms with Crippen molar-refractivity contribution in [1.29, 1.82) is 0 Å². The van der Waals surface area contributed by atoms with E-state index >= 15 is 0 Å². The number of primary amides is 1. The van der Waals surface area contributed by atoms with Gasteiger partial charge in [0.2, 0.25) is 5.91 Å². The third-order valence-corrected chi connectivity index (χ3v) is 5.46. The summed E-state index contributed by atoms with van der Waals surface area (Å²) in [6.45, 7) is 2.23.